The Kier molecular flexibility index (Phi) is 3.49. The predicted molar refractivity (Wildman–Crippen MR) is 78.7 cm³/mol. The molecule has 1 aliphatic heterocycles. The number of aromatic nitrogens is 2. The van der Waals surface area contributed by atoms with E-state index in [0.29, 0.717) is 11.8 Å². The first-order chi connectivity index (χ1) is 9.61. The van der Waals surface area contributed by atoms with Crippen molar-refractivity contribution >= 4 is 0 Å². The number of phenols is 1. The van der Waals surface area contributed by atoms with Crippen LogP contribution in [-0.2, 0) is 13.0 Å². The van der Waals surface area contributed by atoms with Gasteiger partial charge in [-0.25, -0.2) is 4.98 Å². The standard InChI is InChI=1S/C16H21N3O/c1-11-9-19-10-14(6-7-16(19)17-11)18-12(2)13-4-3-5-15(20)8-13/h3-5,8-9,12,14,18,20H,6-7,10H2,1-2H3. The molecule has 3 rings (SSSR count). The number of imidazole rings is 1. The molecule has 2 unspecified atom stereocenters. The van der Waals surface area contributed by atoms with Crippen molar-refractivity contribution in [1.29, 1.82) is 0 Å². The van der Waals surface area contributed by atoms with Crippen molar-refractivity contribution in [2.24, 2.45) is 0 Å². The minimum absolute atomic E-state index is 0.235. The second-order valence-corrected chi connectivity index (χ2v) is 5.67. The van der Waals surface area contributed by atoms with E-state index in [1.165, 1.54) is 5.82 Å². The first-order valence-corrected chi connectivity index (χ1v) is 7.19. The van der Waals surface area contributed by atoms with E-state index in [1.54, 1.807) is 6.07 Å². The van der Waals surface area contributed by atoms with E-state index < -0.39 is 0 Å². The predicted octanol–water partition coefficient (Wildman–Crippen LogP) is 2.56. The van der Waals surface area contributed by atoms with E-state index in [4.69, 9.17) is 0 Å². The van der Waals surface area contributed by atoms with Crippen LogP contribution in [0.15, 0.2) is 30.5 Å². The molecule has 0 fully saturated rings. The smallest absolute Gasteiger partial charge is 0.115 e. The second kappa shape index (κ2) is 5.29. The Balaban J connectivity index is 1.67. The van der Waals surface area contributed by atoms with Gasteiger partial charge in [0.25, 0.3) is 0 Å². The number of benzene rings is 1. The molecule has 1 aliphatic rings. The molecule has 2 aromatic rings. The molecule has 106 valence electrons. The maximum atomic E-state index is 9.56. The summed E-state index contributed by atoms with van der Waals surface area (Å²) in [5.41, 5.74) is 2.22. The molecule has 0 radical (unpaired) electrons. The first-order valence-electron chi connectivity index (χ1n) is 7.19. The Labute approximate surface area is 119 Å². The van der Waals surface area contributed by atoms with Gasteiger partial charge in [0.05, 0.1) is 5.69 Å². The Bertz CT molecular complexity index is 606. The zero-order valence-electron chi connectivity index (χ0n) is 12.0. The van der Waals surface area contributed by atoms with E-state index in [-0.39, 0.29) is 6.04 Å². The topological polar surface area (TPSA) is 50.1 Å². The third kappa shape index (κ3) is 2.70. The van der Waals surface area contributed by atoms with Crippen LogP contribution in [0.4, 0.5) is 0 Å². The number of phenolic OH excluding ortho intramolecular Hbond substituents is 1. The fourth-order valence-electron chi connectivity index (χ4n) is 2.97. The Morgan fingerprint density at radius 2 is 2.30 bits per heavy atom. The lowest BCUT2D eigenvalue weighted by Gasteiger charge is -2.28. The SMILES string of the molecule is Cc1cn2c(n1)CCC(NC(C)c1cccc(O)c1)C2. The number of hydrogen-bond donors (Lipinski definition) is 2. The number of nitrogens with zero attached hydrogens (tertiary/aromatic N) is 2. The average molecular weight is 271 g/mol. The van der Waals surface area contributed by atoms with Gasteiger partial charge in [0.2, 0.25) is 0 Å². The van der Waals surface area contributed by atoms with Crippen LogP contribution in [0, 0.1) is 6.92 Å². The zero-order chi connectivity index (χ0) is 14.1. The molecule has 1 aromatic heterocycles. The van der Waals surface area contributed by atoms with Gasteiger partial charge in [0, 0.05) is 31.2 Å². The van der Waals surface area contributed by atoms with Gasteiger partial charge in [-0.05, 0) is 38.0 Å². The van der Waals surface area contributed by atoms with E-state index in [2.05, 4.69) is 28.0 Å². The molecule has 0 bridgehead atoms. The monoisotopic (exact) mass is 271 g/mol. The molecule has 2 atom stereocenters. The van der Waals surface area contributed by atoms with Gasteiger partial charge in [0.15, 0.2) is 0 Å². The van der Waals surface area contributed by atoms with Crippen LogP contribution in [0.1, 0.15) is 36.5 Å². The minimum atomic E-state index is 0.235. The van der Waals surface area contributed by atoms with Crippen LogP contribution in [0.5, 0.6) is 5.75 Å². The Hall–Kier alpha value is -1.81. The molecule has 4 nitrogen and oxygen atoms in total. The molecule has 20 heavy (non-hydrogen) atoms. The van der Waals surface area contributed by atoms with Crippen molar-refractivity contribution < 1.29 is 5.11 Å². The lowest BCUT2D eigenvalue weighted by molar-refractivity contribution is 0.351. The summed E-state index contributed by atoms with van der Waals surface area (Å²) in [7, 11) is 0. The summed E-state index contributed by atoms with van der Waals surface area (Å²) in [6.45, 7) is 5.16. The lowest BCUT2D eigenvalue weighted by atomic mass is 10.0. The van der Waals surface area contributed by atoms with Gasteiger partial charge in [-0.2, -0.15) is 0 Å². The number of aryl methyl sites for hydroxylation is 2. The molecule has 4 heteroatoms. The highest BCUT2D eigenvalue weighted by Gasteiger charge is 2.21. The summed E-state index contributed by atoms with van der Waals surface area (Å²) in [4.78, 5) is 4.54. The van der Waals surface area contributed by atoms with Crippen molar-refractivity contribution in [1.82, 2.24) is 14.9 Å². The van der Waals surface area contributed by atoms with E-state index >= 15 is 0 Å². The van der Waals surface area contributed by atoms with Crippen LogP contribution in [-0.4, -0.2) is 20.7 Å². The molecular weight excluding hydrogens is 250 g/mol. The van der Waals surface area contributed by atoms with Crippen molar-refractivity contribution in [3.63, 3.8) is 0 Å². The molecule has 0 amide bonds. The molecule has 1 aromatic carbocycles. The largest absolute Gasteiger partial charge is 0.508 e. The molecule has 0 spiro atoms. The fourth-order valence-corrected chi connectivity index (χ4v) is 2.97. The van der Waals surface area contributed by atoms with Gasteiger partial charge in [-0.15, -0.1) is 0 Å². The van der Waals surface area contributed by atoms with Crippen molar-refractivity contribution in [2.45, 2.75) is 45.3 Å². The maximum absolute atomic E-state index is 9.56. The number of aromatic hydroxyl groups is 1. The van der Waals surface area contributed by atoms with Gasteiger partial charge in [-0.3, -0.25) is 0 Å². The van der Waals surface area contributed by atoms with E-state index in [9.17, 15) is 5.11 Å². The highest BCUT2D eigenvalue weighted by Crippen LogP contribution is 2.21. The van der Waals surface area contributed by atoms with Crippen molar-refractivity contribution in [3.05, 3.63) is 47.5 Å². The summed E-state index contributed by atoms with van der Waals surface area (Å²) < 4.78 is 2.26. The number of rotatable bonds is 3. The molecule has 0 aliphatic carbocycles. The minimum Gasteiger partial charge on any atom is -0.508 e. The summed E-state index contributed by atoms with van der Waals surface area (Å²) in [5, 5.41) is 13.2. The quantitative estimate of drug-likeness (QED) is 0.902. The molecule has 0 saturated carbocycles. The van der Waals surface area contributed by atoms with Crippen LogP contribution >= 0.6 is 0 Å². The summed E-state index contributed by atoms with van der Waals surface area (Å²) in [6.07, 6.45) is 4.26. The van der Waals surface area contributed by atoms with E-state index in [0.717, 1.165) is 30.6 Å². The number of hydrogen-bond acceptors (Lipinski definition) is 3. The zero-order valence-corrected chi connectivity index (χ0v) is 12.0. The Morgan fingerprint density at radius 1 is 1.45 bits per heavy atom. The highest BCUT2D eigenvalue weighted by atomic mass is 16.3. The van der Waals surface area contributed by atoms with Crippen LogP contribution in [0.2, 0.25) is 0 Å². The van der Waals surface area contributed by atoms with Crippen LogP contribution in [0.25, 0.3) is 0 Å². The van der Waals surface area contributed by atoms with Gasteiger partial charge in [0.1, 0.15) is 11.6 Å². The second-order valence-electron chi connectivity index (χ2n) is 5.67. The van der Waals surface area contributed by atoms with Crippen LogP contribution in [0.3, 0.4) is 0 Å². The van der Waals surface area contributed by atoms with Gasteiger partial charge in [-0.1, -0.05) is 12.1 Å². The molecule has 2 heterocycles. The van der Waals surface area contributed by atoms with Gasteiger partial charge >= 0.3 is 0 Å². The normalized spacial score (nSPS) is 19.6. The maximum Gasteiger partial charge on any atom is 0.115 e. The number of fused-ring (bicyclic) bond motifs is 1. The first kappa shape index (κ1) is 13.2. The lowest BCUT2D eigenvalue weighted by Crippen LogP contribution is -2.38. The summed E-state index contributed by atoms with van der Waals surface area (Å²) >= 11 is 0. The Morgan fingerprint density at radius 3 is 3.10 bits per heavy atom. The number of nitrogens with one attached hydrogen (secondary N) is 1. The van der Waals surface area contributed by atoms with Gasteiger partial charge < -0.3 is 15.0 Å². The fraction of sp³-hybridized carbons (Fsp3) is 0.438. The van der Waals surface area contributed by atoms with Crippen LogP contribution < -0.4 is 5.32 Å². The summed E-state index contributed by atoms with van der Waals surface area (Å²) in [5.74, 6) is 1.53. The van der Waals surface area contributed by atoms with Crippen molar-refractivity contribution in [2.75, 3.05) is 0 Å². The highest BCUT2D eigenvalue weighted by molar-refractivity contribution is 5.29. The third-order valence-electron chi connectivity index (χ3n) is 3.97. The molecule has 0 saturated heterocycles. The summed E-state index contributed by atoms with van der Waals surface area (Å²) in [6, 6.07) is 8.16. The van der Waals surface area contributed by atoms with Crippen molar-refractivity contribution in [3.8, 4) is 5.75 Å². The molecule has 2 N–H and O–H groups in total. The average Bonchev–Trinajstić information content (AvgIpc) is 2.78. The third-order valence-corrected chi connectivity index (χ3v) is 3.97. The molecular formula is C16H21N3O. The van der Waals surface area contributed by atoms with E-state index in [1.807, 2.05) is 25.1 Å².